The predicted molar refractivity (Wildman–Crippen MR) is 97.5 cm³/mol. The van der Waals surface area contributed by atoms with Crippen molar-refractivity contribution in [1.82, 2.24) is 10.2 Å². The molecule has 28 heavy (non-hydrogen) atoms. The molecule has 4 nitrogen and oxygen atoms in total. The maximum atomic E-state index is 14.1. The van der Waals surface area contributed by atoms with Crippen molar-refractivity contribution >= 4 is 11.8 Å². The first-order valence-electron chi connectivity index (χ1n) is 9.08. The summed E-state index contributed by atoms with van der Waals surface area (Å²) >= 11 is 0. The Bertz CT molecular complexity index is 901. The number of piperidine rings is 1. The van der Waals surface area contributed by atoms with Gasteiger partial charge in [0.1, 0.15) is 17.5 Å². The number of benzene rings is 2. The second-order valence-electron chi connectivity index (χ2n) is 7.01. The van der Waals surface area contributed by atoms with Gasteiger partial charge in [-0.25, -0.2) is 13.2 Å². The number of nitrogens with zero attached hydrogens (tertiary/aromatic N) is 1. The Hall–Kier alpha value is -2.83. The minimum atomic E-state index is -0.713. The van der Waals surface area contributed by atoms with Crippen molar-refractivity contribution in [3.63, 3.8) is 0 Å². The van der Waals surface area contributed by atoms with E-state index in [4.69, 9.17) is 0 Å². The van der Waals surface area contributed by atoms with Gasteiger partial charge in [-0.05, 0) is 42.7 Å². The number of rotatable bonds is 5. The van der Waals surface area contributed by atoms with Gasteiger partial charge in [0.25, 0.3) is 0 Å². The number of nitrogens with one attached hydrogen (secondary N) is 1. The van der Waals surface area contributed by atoms with Crippen molar-refractivity contribution in [2.75, 3.05) is 6.54 Å². The largest absolute Gasteiger partial charge is 0.352 e. The first-order valence-corrected chi connectivity index (χ1v) is 9.08. The van der Waals surface area contributed by atoms with Gasteiger partial charge in [-0.15, -0.1) is 0 Å². The number of likely N-dealkylation sites (tertiary alicyclic amines) is 1. The molecule has 1 aliphatic rings. The van der Waals surface area contributed by atoms with E-state index in [1.807, 2.05) is 0 Å². The van der Waals surface area contributed by atoms with Crippen LogP contribution in [0.1, 0.15) is 29.5 Å². The molecule has 1 fully saturated rings. The second-order valence-corrected chi connectivity index (χ2v) is 7.01. The summed E-state index contributed by atoms with van der Waals surface area (Å²) in [5, 5.41) is 2.57. The second kappa shape index (κ2) is 8.46. The fourth-order valence-electron chi connectivity index (χ4n) is 3.33. The maximum Gasteiger partial charge on any atom is 0.225 e. The molecule has 148 valence electrons. The minimum Gasteiger partial charge on any atom is -0.352 e. The molecular weight excluding hydrogens is 369 g/mol. The molecule has 0 spiro atoms. The van der Waals surface area contributed by atoms with Gasteiger partial charge in [-0.2, -0.15) is 0 Å². The minimum absolute atomic E-state index is 0.107. The standard InChI is InChI=1S/C21H21F3N2O2/c1-13-5-7-18(23)17(20(13)24)10-25-21(28)15-6-8-19(27)26(12-15)11-14-3-2-4-16(22)9-14/h2-5,7,9,15H,6,8,10-12H2,1H3,(H,25,28)/t15-/m0/s1. The summed E-state index contributed by atoms with van der Waals surface area (Å²) in [6.07, 6.45) is 0.559. The van der Waals surface area contributed by atoms with E-state index in [1.54, 1.807) is 12.1 Å². The van der Waals surface area contributed by atoms with Gasteiger partial charge in [0.15, 0.2) is 0 Å². The Morgan fingerprint density at radius 1 is 1.21 bits per heavy atom. The van der Waals surface area contributed by atoms with Crippen LogP contribution in [0.4, 0.5) is 13.2 Å². The third-order valence-electron chi connectivity index (χ3n) is 4.95. The lowest BCUT2D eigenvalue weighted by atomic mass is 9.96. The van der Waals surface area contributed by atoms with E-state index in [1.165, 1.54) is 36.1 Å². The number of hydrogen-bond acceptors (Lipinski definition) is 2. The molecule has 7 heteroatoms. The Balaban J connectivity index is 1.63. The molecule has 2 aromatic rings. The fraction of sp³-hybridized carbons (Fsp3) is 0.333. The Morgan fingerprint density at radius 3 is 2.75 bits per heavy atom. The molecule has 0 aromatic heterocycles. The van der Waals surface area contributed by atoms with Crippen molar-refractivity contribution < 1.29 is 22.8 Å². The monoisotopic (exact) mass is 390 g/mol. The molecule has 0 unspecified atom stereocenters. The third-order valence-corrected chi connectivity index (χ3v) is 4.95. The molecule has 0 saturated carbocycles. The first-order chi connectivity index (χ1) is 13.3. The molecule has 3 rings (SSSR count). The van der Waals surface area contributed by atoms with E-state index in [-0.39, 0.29) is 43.4 Å². The summed E-state index contributed by atoms with van der Waals surface area (Å²) in [4.78, 5) is 26.2. The third kappa shape index (κ3) is 4.52. The smallest absolute Gasteiger partial charge is 0.225 e. The van der Waals surface area contributed by atoms with Gasteiger partial charge in [0.05, 0.1) is 5.92 Å². The van der Waals surface area contributed by atoms with Gasteiger partial charge in [-0.3, -0.25) is 9.59 Å². The lowest BCUT2D eigenvalue weighted by molar-refractivity contribution is -0.139. The number of amides is 2. The molecule has 0 bridgehead atoms. The molecule has 2 amide bonds. The van der Waals surface area contributed by atoms with Crippen molar-refractivity contribution in [3.05, 3.63) is 70.5 Å². The maximum absolute atomic E-state index is 14.1. The number of aryl methyl sites for hydroxylation is 1. The average Bonchev–Trinajstić information content (AvgIpc) is 2.66. The van der Waals surface area contributed by atoms with E-state index in [0.29, 0.717) is 17.5 Å². The van der Waals surface area contributed by atoms with Gasteiger partial charge in [-0.1, -0.05) is 18.2 Å². The zero-order chi connectivity index (χ0) is 20.3. The van der Waals surface area contributed by atoms with Gasteiger partial charge >= 0.3 is 0 Å². The van der Waals surface area contributed by atoms with E-state index in [9.17, 15) is 22.8 Å². The molecule has 0 aliphatic carbocycles. The summed E-state index contributed by atoms with van der Waals surface area (Å²) in [6, 6.07) is 8.45. The van der Waals surface area contributed by atoms with Crippen LogP contribution in [0.15, 0.2) is 36.4 Å². The quantitative estimate of drug-likeness (QED) is 0.850. The van der Waals surface area contributed by atoms with Crippen molar-refractivity contribution in [2.45, 2.75) is 32.9 Å². The van der Waals surface area contributed by atoms with Crippen LogP contribution in [-0.4, -0.2) is 23.3 Å². The predicted octanol–water partition coefficient (Wildman–Crippen LogP) is 3.47. The highest BCUT2D eigenvalue weighted by Crippen LogP contribution is 2.21. The lowest BCUT2D eigenvalue weighted by Crippen LogP contribution is -2.45. The van der Waals surface area contributed by atoms with Crippen LogP contribution in [0.3, 0.4) is 0 Å². The zero-order valence-corrected chi connectivity index (χ0v) is 15.5. The fourth-order valence-corrected chi connectivity index (χ4v) is 3.33. The van der Waals surface area contributed by atoms with Crippen LogP contribution in [0.2, 0.25) is 0 Å². The van der Waals surface area contributed by atoms with E-state index < -0.39 is 23.4 Å². The van der Waals surface area contributed by atoms with E-state index in [2.05, 4.69) is 5.32 Å². The van der Waals surface area contributed by atoms with E-state index in [0.717, 1.165) is 0 Å². The molecule has 1 atom stereocenters. The van der Waals surface area contributed by atoms with Gasteiger partial charge < -0.3 is 10.2 Å². The van der Waals surface area contributed by atoms with Crippen LogP contribution in [-0.2, 0) is 22.7 Å². The summed E-state index contributed by atoms with van der Waals surface area (Å²) in [6.45, 7) is 1.66. The van der Waals surface area contributed by atoms with Crippen LogP contribution in [0.5, 0.6) is 0 Å². The normalized spacial score (nSPS) is 16.9. The van der Waals surface area contributed by atoms with Crippen LogP contribution < -0.4 is 5.32 Å². The summed E-state index contributed by atoms with van der Waals surface area (Å²) in [7, 11) is 0. The average molecular weight is 390 g/mol. The molecular formula is C21H21F3N2O2. The van der Waals surface area contributed by atoms with E-state index >= 15 is 0 Å². The molecule has 1 N–H and O–H groups in total. The molecule has 1 aliphatic heterocycles. The van der Waals surface area contributed by atoms with Crippen molar-refractivity contribution in [2.24, 2.45) is 5.92 Å². The molecule has 1 saturated heterocycles. The SMILES string of the molecule is Cc1ccc(F)c(CNC(=O)[C@H]2CCC(=O)N(Cc3cccc(F)c3)C2)c1F. The lowest BCUT2D eigenvalue weighted by Gasteiger charge is -2.32. The Labute approximate surface area is 161 Å². The van der Waals surface area contributed by atoms with Crippen molar-refractivity contribution in [1.29, 1.82) is 0 Å². The summed E-state index contributed by atoms with van der Waals surface area (Å²) < 4.78 is 41.3. The number of carbonyl (C=O) groups excluding carboxylic acids is 2. The zero-order valence-electron chi connectivity index (χ0n) is 15.5. The highest BCUT2D eigenvalue weighted by molar-refractivity contribution is 5.83. The van der Waals surface area contributed by atoms with Crippen LogP contribution >= 0.6 is 0 Å². The van der Waals surface area contributed by atoms with Gasteiger partial charge in [0, 0.05) is 31.6 Å². The Kier molecular flexibility index (Phi) is 6.02. The molecule has 1 heterocycles. The highest BCUT2D eigenvalue weighted by Gasteiger charge is 2.30. The molecule has 2 aromatic carbocycles. The van der Waals surface area contributed by atoms with Crippen molar-refractivity contribution in [3.8, 4) is 0 Å². The molecule has 0 radical (unpaired) electrons. The summed E-state index contributed by atoms with van der Waals surface area (Å²) in [5.41, 5.74) is 0.755. The van der Waals surface area contributed by atoms with Crippen LogP contribution in [0.25, 0.3) is 0 Å². The highest BCUT2D eigenvalue weighted by atomic mass is 19.1. The first kappa shape index (κ1) is 19.9. The summed E-state index contributed by atoms with van der Waals surface area (Å²) in [5.74, 6) is -2.73. The number of carbonyl (C=O) groups is 2. The van der Waals surface area contributed by atoms with Crippen LogP contribution in [0, 0.1) is 30.3 Å². The number of halogens is 3. The topological polar surface area (TPSA) is 49.4 Å². The number of hydrogen-bond donors (Lipinski definition) is 1. The Morgan fingerprint density at radius 2 is 2.00 bits per heavy atom. The van der Waals surface area contributed by atoms with Gasteiger partial charge in [0.2, 0.25) is 11.8 Å².